The fourth-order valence-corrected chi connectivity index (χ4v) is 3.91. The van der Waals surface area contributed by atoms with Crippen molar-refractivity contribution < 1.29 is 0 Å². The van der Waals surface area contributed by atoms with Crippen LogP contribution >= 0.6 is 0 Å². The summed E-state index contributed by atoms with van der Waals surface area (Å²) in [5, 5.41) is 0. The fraction of sp³-hybridized carbons (Fsp3) is 0. The lowest BCUT2D eigenvalue weighted by molar-refractivity contribution is 1.33. The van der Waals surface area contributed by atoms with E-state index in [9.17, 15) is 0 Å². The zero-order valence-corrected chi connectivity index (χ0v) is 15.3. The summed E-state index contributed by atoms with van der Waals surface area (Å²) in [6.07, 6.45) is 7.44. The highest BCUT2D eigenvalue weighted by Gasteiger charge is 2.25. The predicted molar refractivity (Wildman–Crippen MR) is 115 cm³/mol. The molecular formula is C26H18N2. The van der Waals surface area contributed by atoms with Crippen LogP contribution in [0.5, 0.6) is 0 Å². The van der Waals surface area contributed by atoms with Gasteiger partial charge >= 0.3 is 0 Å². The minimum absolute atomic E-state index is 1.17. The van der Waals surface area contributed by atoms with E-state index in [0.717, 1.165) is 0 Å². The maximum atomic E-state index is 4.22. The molecule has 0 radical (unpaired) electrons. The summed E-state index contributed by atoms with van der Waals surface area (Å²) in [5.74, 6) is 0. The van der Waals surface area contributed by atoms with Gasteiger partial charge in [-0.3, -0.25) is 9.97 Å². The van der Waals surface area contributed by atoms with E-state index in [4.69, 9.17) is 0 Å². The monoisotopic (exact) mass is 358 g/mol. The first-order valence-electron chi connectivity index (χ1n) is 9.34. The van der Waals surface area contributed by atoms with Crippen LogP contribution in [0.1, 0.15) is 0 Å². The van der Waals surface area contributed by atoms with Crippen LogP contribution in [0.2, 0.25) is 0 Å². The first-order chi connectivity index (χ1) is 13.9. The summed E-state index contributed by atoms with van der Waals surface area (Å²) in [6, 6.07) is 29.7. The molecule has 0 fully saturated rings. The van der Waals surface area contributed by atoms with Crippen molar-refractivity contribution in [1.29, 1.82) is 0 Å². The molecule has 5 rings (SSSR count). The molecule has 2 heteroatoms. The zero-order valence-electron chi connectivity index (χ0n) is 15.3. The average Bonchev–Trinajstić information content (AvgIpc) is 2.91. The molecule has 0 saturated carbocycles. The zero-order chi connectivity index (χ0) is 18.8. The average molecular weight is 358 g/mol. The van der Waals surface area contributed by atoms with Crippen LogP contribution in [-0.2, 0) is 0 Å². The van der Waals surface area contributed by atoms with E-state index in [1.165, 1.54) is 44.5 Å². The second kappa shape index (κ2) is 7.09. The van der Waals surface area contributed by atoms with Crippen molar-refractivity contribution in [3.63, 3.8) is 0 Å². The van der Waals surface area contributed by atoms with E-state index in [2.05, 4.69) is 94.9 Å². The molecule has 1 aromatic carbocycles. The Morgan fingerprint density at radius 3 is 1.21 bits per heavy atom. The second-order valence-corrected chi connectivity index (χ2v) is 6.70. The molecule has 3 aromatic rings. The summed E-state index contributed by atoms with van der Waals surface area (Å²) in [5.41, 5.74) is 9.76. The first kappa shape index (κ1) is 16.4. The summed E-state index contributed by atoms with van der Waals surface area (Å²) >= 11 is 0. The Labute approximate surface area is 164 Å². The highest BCUT2D eigenvalue weighted by molar-refractivity contribution is 6.10. The van der Waals surface area contributed by atoms with Crippen LogP contribution in [0.15, 0.2) is 110 Å². The van der Waals surface area contributed by atoms with E-state index in [0.29, 0.717) is 0 Å². The van der Waals surface area contributed by atoms with Gasteiger partial charge in [-0.15, -0.1) is 0 Å². The molecule has 0 amide bonds. The summed E-state index contributed by atoms with van der Waals surface area (Å²) < 4.78 is 0. The van der Waals surface area contributed by atoms with E-state index >= 15 is 0 Å². The van der Waals surface area contributed by atoms with Gasteiger partial charge in [0.2, 0.25) is 0 Å². The maximum absolute atomic E-state index is 4.22. The summed E-state index contributed by atoms with van der Waals surface area (Å²) in [7, 11) is 0. The third kappa shape index (κ3) is 2.76. The third-order valence-electron chi connectivity index (χ3n) is 5.08. The molecule has 0 N–H and O–H groups in total. The van der Waals surface area contributed by atoms with Gasteiger partial charge in [-0.1, -0.05) is 60.7 Å². The van der Waals surface area contributed by atoms with E-state index in [1.54, 1.807) is 0 Å². The van der Waals surface area contributed by atoms with Crippen LogP contribution < -0.4 is 0 Å². The van der Waals surface area contributed by atoms with Crippen molar-refractivity contribution in [2.24, 2.45) is 0 Å². The van der Waals surface area contributed by atoms with Gasteiger partial charge in [-0.2, -0.15) is 0 Å². The van der Waals surface area contributed by atoms with Crippen LogP contribution in [0.4, 0.5) is 0 Å². The Kier molecular flexibility index (Phi) is 4.15. The summed E-state index contributed by atoms with van der Waals surface area (Å²) in [6.45, 7) is 0. The van der Waals surface area contributed by atoms with E-state index < -0.39 is 0 Å². The highest BCUT2D eigenvalue weighted by atomic mass is 14.6. The first-order valence-corrected chi connectivity index (χ1v) is 9.34. The molecule has 0 atom stereocenters. The van der Waals surface area contributed by atoms with Crippen molar-refractivity contribution in [1.82, 2.24) is 9.97 Å². The molecule has 0 saturated heterocycles. The van der Waals surface area contributed by atoms with Crippen molar-refractivity contribution in [3.05, 3.63) is 110 Å². The van der Waals surface area contributed by atoms with E-state index in [-0.39, 0.29) is 0 Å². The van der Waals surface area contributed by atoms with Gasteiger partial charge in [0.1, 0.15) is 0 Å². The van der Waals surface area contributed by atoms with Gasteiger partial charge in [0.15, 0.2) is 0 Å². The number of nitrogens with zero attached hydrogens (tertiary/aromatic N) is 2. The van der Waals surface area contributed by atoms with Gasteiger partial charge in [-0.25, -0.2) is 0 Å². The fourth-order valence-electron chi connectivity index (χ4n) is 3.91. The van der Waals surface area contributed by atoms with Gasteiger partial charge in [0.05, 0.1) is 0 Å². The van der Waals surface area contributed by atoms with Gasteiger partial charge < -0.3 is 0 Å². The molecule has 0 bridgehead atoms. The lowest BCUT2D eigenvalue weighted by Crippen LogP contribution is -1.85. The minimum atomic E-state index is 1.17. The Hall–Kier alpha value is -3.78. The Morgan fingerprint density at radius 2 is 0.750 bits per heavy atom. The molecule has 28 heavy (non-hydrogen) atoms. The number of aromatic nitrogens is 2. The molecule has 0 aliphatic heterocycles. The SMILES string of the molecule is c1ccc(-c2c(-c3ccncc3)c3cccccc-3c2-c2ccncc2)cc1. The third-order valence-corrected chi connectivity index (χ3v) is 5.08. The number of benzene rings is 1. The number of hydrogen-bond donors (Lipinski definition) is 0. The standard InChI is InChI=1S/C26H18N2/c1-3-7-19(8-4-1)26-24(20-11-15-27-16-12-20)22-9-5-2-6-10-23(22)25(26)21-13-17-28-18-14-21/h1-18H. The van der Waals surface area contributed by atoms with Crippen molar-refractivity contribution >= 4 is 0 Å². The molecule has 2 heterocycles. The molecule has 2 aliphatic rings. The lowest BCUT2D eigenvalue weighted by Gasteiger charge is -2.10. The molecule has 0 unspecified atom stereocenters. The van der Waals surface area contributed by atoms with Crippen LogP contribution in [-0.4, -0.2) is 9.97 Å². The Morgan fingerprint density at radius 1 is 0.357 bits per heavy atom. The van der Waals surface area contributed by atoms with E-state index in [1.807, 2.05) is 24.8 Å². The van der Waals surface area contributed by atoms with Crippen LogP contribution in [0.3, 0.4) is 0 Å². The lowest BCUT2D eigenvalue weighted by atomic mass is 9.94. The quantitative estimate of drug-likeness (QED) is 0.364. The normalized spacial score (nSPS) is 10.9. The Bertz CT molecular complexity index is 1110. The Balaban J connectivity index is 1.97. The van der Waals surface area contributed by atoms with Gasteiger partial charge in [-0.05, 0) is 68.8 Å². The predicted octanol–water partition coefficient (Wildman–Crippen LogP) is 6.58. The van der Waals surface area contributed by atoms with Crippen LogP contribution in [0, 0.1) is 0 Å². The largest absolute Gasteiger partial charge is 0.265 e. The smallest absolute Gasteiger partial charge is 0.0273 e. The summed E-state index contributed by atoms with van der Waals surface area (Å²) in [4.78, 5) is 8.44. The highest BCUT2D eigenvalue weighted by Crippen LogP contribution is 2.51. The van der Waals surface area contributed by atoms with Gasteiger partial charge in [0.25, 0.3) is 0 Å². The minimum Gasteiger partial charge on any atom is -0.265 e. The second-order valence-electron chi connectivity index (χ2n) is 6.70. The number of fused-ring (bicyclic) bond motifs is 1. The van der Waals surface area contributed by atoms with Crippen molar-refractivity contribution in [3.8, 4) is 44.5 Å². The van der Waals surface area contributed by atoms with Crippen molar-refractivity contribution in [2.45, 2.75) is 0 Å². The molecule has 0 spiro atoms. The topological polar surface area (TPSA) is 25.8 Å². The van der Waals surface area contributed by atoms with Crippen molar-refractivity contribution in [2.75, 3.05) is 0 Å². The number of rotatable bonds is 3. The van der Waals surface area contributed by atoms with Crippen LogP contribution in [0.25, 0.3) is 44.5 Å². The maximum Gasteiger partial charge on any atom is 0.0273 e. The molecule has 2 aromatic heterocycles. The molecule has 132 valence electrons. The number of hydrogen-bond acceptors (Lipinski definition) is 2. The van der Waals surface area contributed by atoms with Gasteiger partial charge in [0, 0.05) is 24.8 Å². The molecule has 2 nitrogen and oxygen atoms in total. The molecule has 2 aliphatic carbocycles. The molecular weight excluding hydrogens is 340 g/mol. The number of pyridine rings is 2.